The molecule has 0 unspecified atom stereocenters. The lowest BCUT2D eigenvalue weighted by Gasteiger charge is -2.26. The van der Waals surface area contributed by atoms with Gasteiger partial charge in [0.2, 0.25) is 0 Å². The maximum Gasteiger partial charge on any atom is 0.995 e. The normalized spacial score (nSPS) is 16.4. The number of benzene rings is 2. The fourth-order valence-electron chi connectivity index (χ4n) is 3.22. The van der Waals surface area contributed by atoms with Crippen LogP contribution in [-0.2, 0) is 15.5 Å². The Hall–Kier alpha value is -2.63. The van der Waals surface area contributed by atoms with Gasteiger partial charge in [0.25, 0.3) is 5.78 Å². The van der Waals surface area contributed by atoms with Gasteiger partial charge in [-0.3, -0.25) is 0 Å². The van der Waals surface area contributed by atoms with Crippen molar-refractivity contribution in [3.05, 3.63) is 70.8 Å². The van der Waals surface area contributed by atoms with E-state index in [0.717, 1.165) is 11.1 Å². The summed E-state index contributed by atoms with van der Waals surface area (Å²) in [5.74, 6) is 0.713. The van der Waals surface area contributed by atoms with E-state index in [9.17, 15) is 8.63 Å². The van der Waals surface area contributed by atoms with Crippen LogP contribution in [0.1, 0.15) is 68.1 Å². The third kappa shape index (κ3) is 4.92. The number of hydrogen-bond acceptors (Lipinski definition) is 2. The van der Waals surface area contributed by atoms with Gasteiger partial charge in [-0.1, -0.05) is 59.7 Å². The summed E-state index contributed by atoms with van der Waals surface area (Å²) in [6, 6.07) is 12.8. The maximum absolute atomic E-state index is 14.5. The number of ether oxygens (including phenoxy) is 1. The Morgan fingerprint density at radius 1 is 0.867 bits per heavy atom. The summed E-state index contributed by atoms with van der Waals surface area (Å²) >= 11 is 0. The lowest BCUT2D eigenvalue weighted by atomic mass is 9.79. The first-order chi connectivity index (χ1) is 13.8. The Morgan fingerprint density at radius 3 is 2.00 bits per heavy atom. The lowest BCUT2D eigenvalue weighted by Crippen LogP contribution is -2.31. The number of hydrogen-bond donors (Lipinski definition) is 0. The molecule has 0 aromatic heterocycles. The summed E-state index contributed by atoms with van der Waals surface area (Å²) < 4.78 is 44.0. The molecule has 30 heavy (non-hydrogen) atoms. The molecule has 2 aromatic rings. The molecule has 0 spiro atoms. The molecule has 3 nitrogen and oxygen atoms in total. The summed E-state index contributed by atoms with van der Waals surface area (Å²) in [6.45, 7) is 12.6. The number of ketones is 1. The van der Waals surface area contributed by atoms with Crippen molar-refractivity contribution in [2.75, 3.05) is 7.11 Å². The quantitative estimate of drug-likeness (QED) is 0.427. The van der Waals surface area contributed by atoms with Crippen molar-refractivity contribution in [3.63, 3.8) is 0 Å². The van der Waals surface area contributed by atoms with Crippen molar-refractivity contribution in [2.24, 2.45) is 0 Å². The Balaban J connectivity index is 2.17. The smallest absolute Gasteiger partial charge is 0.569 e. The zero-order chi connectivity index (χ0) is 22.3. The Bertz CT molecular complexity index is 980. The van der Waals surface area contributed by atoms with Crippen LogP contribution in [-0.4, -0.2) is 20.0 Å². The summed E-state index contributed by atoms with van der Waals surface area (Å²) in [4.78, 5) is 0. The van der Waals surface area contributed by atoms with Crippen LogP contribution in [0.15, 0.2) is 48.5 Å². The molecule has 0 saturated heterocycles. The minimum atomic E-state index is -4.50. The zero-order valence-corrected chi connectivity index (χ0v) is 18.7. The predicted octanol–water partition coefficient (Wildman–Crippen LogP) is 6.45. The second-order valence-corrected chi connectivity index (χ2v) is 9.67. The molecular weight excluding hydrogens is 385 g/mol. The number of methoxy groups -OCH3 is 1. The molecule has 160 valence electrons. The van der Waals surface area contributed by atoms with Gasteiger partial charge < -0.3 is 22.4 Å². The van der Waals surface area contributed by atoms with Crippen LogP contribution in [0, 0.1) is 0 Å². The van der Waals surface area contributed by atoms with Gasteiger partial charge in [-0.05, 0) is 46.2 Å². The van der Waals surface area contributed by atoms with Crippen LogP contribution >= 0.6 is 0 Å². The molecule has 0 amide bonds. The van der Waals surface area contributed by atoms with Crippen molar-refractivity contribution in [1.29, 1.82) is 0 Å². The molecule has 0 saturated carbocycles. The SMILES string of the molecule is COc1cccc(C2=CC(c3cc(C(C)(C)C)cc(C(C)(C)C)c3)=[O+][B-](F)(F)O2)c1. The van der Waals surface area contributed by atoms with Gasteiger partial charge in [-0.15, -0.1) is 0 Å². The monoisotopic (exact) mass is 414 g/mol. The van der Waals surface area contributed by atoms with Crippen molar-refractivity contribution in [1.82, 2.24) is 0 Å². The molecule has 1 aliphatic rings. The molecule has 3 rings (SSSR count). The third-order valence-electron chi connectivity index (χ3n) is 5.09. The minimum Gasteiger partial charge on any atom is -0.569 e. The fraction of sp³-hybridized carbons (Fsp3) is 0.375. The zero-order valence-electron chi connectivity index (χ0n) is 18.7. The molecule has 0 aliphatic carbocycles. The van der Waals surface area contributed by atoms with Crippen LogP contribution in [0.3, 0.4) is 0 Å². The predicted molar refractivity (Wildman–Crippen MR) is 118 cm³/mol. The van der Waals surface area contributed by atoms with Crippen molar-refractivity contribution in [3.8, 4) is 5.75 Å². The van der Waals surface area contributed by atoms with Crippen molar-refractivity contribution in [2.45, 2.75) is 52.4 Å². The molecule has 0 atom stereocenters. The van der Waals surface area contributed by atoms with E-state index in [2.05, 4.69) is 47.6 Å². The highest BCUT2D eigenvalue weighted by molar-refractivity contribution is 6.52. The maximum atomic E-state index is 14.5. The third-order valence-corrected chi connectivity index (χ3v) is 5.09. The topological polar surface area (TPSA) is 29.8 Å². The van der Waals surface area contributed by atoms with E-state index >= 15 is 0 Å². The molecule has 1 aliphatic heterocycles. The van der Waals surface area contributed by atoms with E-state index in [1.165, 1.54) is 13.2 Å². The molecule has 0 radical (unpaired) electrons. The van der Waals surface area contributed by atoms with Crippen LogP contribution in [0.5, 0.6) is 5.75 Å². The van der Waals surface area contributed by atoms with Gasteiger partial charge in [0.15, 0.2) is 0 Å². The van der Waals surface area contributed by atoms with Crippen molar-refractivity contribution < 1.29 is 22.4 Å². The molecule has 0 bridgehead atoms. The van der Waals surface area contributed by atoms with Gasteiger partial charge in [0.05, 0.1) is 24.5 Å². The Labute approximate surface area is 177 Å². The van der Waals surface area contributed by atoms with Gasteiger partial charge >= 0.3 is 7.11 Å². The Kier molecular flexibility index (Phi) is 5.57. The molecule has 6 heteroatoms. The van der Waals surface area contributed by atoms with Gasteiger partial charge in [-0.2, -0.15) is 0 Å². The minimum absolute atomic E-state index is 0.0543. The number of rotatable bonds is 3. The van der Waals surface area contributed by atoms with Crippen LogP contribution in [0.25, 0.3) is 5.76 Å². The Morgan fingerprint density at radius 2 is 1.47 bits per heavy atom. The van der Waals surface area contributed by atoms with Gasteiger partial charge in [-0.25, -0.2) is 0 Å². The summed E-state index contributed by atoms with van der Waals surface area (Å²) in [7, 11) is -2.97. The highest BCUT2D eigenvalue weighted by Gasteiger charge is 2.53. The number of halogens is 2. The van der Waals surface area contributed by atoms with Gasteiger partial charge in [0, 0.05) is 5.56 Å². The number of carbonyl (C=O) groups excluding carboxylic acids is 1. The van der Waals surface area contributed by atoms with E-state index in [1.807, 2.05) is 12.1 Å². The standard InChI is InChI=1S/C24H29BF2O3/c1-23(2,3)18-11-17(12-19(14-18)24(4,5)6)22-15-21(29-25(26,27)30-22)16-9-8-10-20(13-16)28-7/h8-15H,1-7H3. The lowest BCUT2D eigenvalue weighted by molar-refractivity contribution is -0.183. The van der Waals surface area contributed by atoms with E-state index in [-0.39, 0.29) is 22.4 Å². The molecule has 0 fully saturated rings. The summed E-state index contributed by atoms with van der Waals surface area (Å²) in [6.07, 6.45) is 1.53. The van der Waals surface area contributed by atoms with E-state index in [1.54, 1.807) is 24.3 Å². The second-order valence-electron chi connectivity index (χ2n) is 9.67. The fourth-order valence-corrected chi connectivity index (χ4v) is 3.22. The highest BCUT2D eigenvalue weighted by Crippen LogP contribution is 2.34. The van der Waals surface area contributed by atoms with Crippen molar-refractivity contribution >= 4 is 18.6 Å². The number of allylic oxidation sites excluding steroid dienone is 1. The van der Waals surface area contributed by atoms with E-state index in [0.29, 0.717) is 16.9 Å². The second kappa shape index (κ2) is 7.57. The first-order valence-electron chi connectivity index (χ1n) is 10.1. The first kappa shape index (κ1) is 22.1. The van der Waals surface area contributed by atoms with Crippen LogP contribution < -0.4 is 4.74 Å². The highest BCUT2D eigenvalue weighted by atomic mass is 19.3. The van der Waals surface area contributed by atoms with E-state index in [4.69, 9.17) is 13.7 Å². The first-order valence-corrected chi connectivity index (χ1v) is 10.1. The van der Waals surface area contributed by atoms with E-state index < -0.39 is 7.11 Å². The van der Waals surface area contributed by atoms with Crippen LogP contribution in [0.2, 0.25) is 0 Å². The molecule has 1 heterocycles. The molecule has 0 N–H and O–H groups in total. The largest absolute Gasteiger partial charge is 0.995 e. The average molecular weight is 414 g/mol. The average Bonchev–Trinajstić information content (AvgIpc) is 2.65. The molecular formula is C24H29BF2O3. The van der Waals surface area contributed by atoms with Crippen LogP contribution in [0.4, 0.5) is 8.63 Å². The molecule has 2 aromatic carbocycles. The summed E-state index contributed by atoms with van der Waals surface area (Å²) in [5.41, 5.74) is 2.93. The van der Waals surface area contributed by atoms with Gasteiger partial charge in [0.1, 0.15) is 5.75 Å². The summed E-state index contributed by atoms with van der Waals surface area (Å²) in [5, 5.41) is 0.